The van der Waals surface area contributed by atoms with Crippen molar-refractivity contribution in [2.75, 3.05) is 39.3 Å². The fraction of sp³-hybridized carbons (Fsp3) is 1.00. The quantitative estimate of drug-likeness (QED) is 0.464. The van der Waals surface area contributed by atoms with Crippen LogP contribution in [0.4, 0.5) is 0 Å². The van der Waals surface area contributed by atoms with Crippen LogP contribution in [0.25, 0.3) is 0 Å². The maximum absolute atomic E-state index is 2.79. The van der Waals surface area contributed by atoms with Crippen LogP contribution >= 0.6 is 12.4 Å². The van der Waals surface area contributed by atoms with Gasteiger partial charge in [-0.3, -0.25) is 0 Å². The Morgan fingerprint density at radius 3 is 1.96 bits per heavy atom. The van der Waals surface area contributed by atoms with Crippen LogP contribution < -0.4 is 0 Å². The summed E-state index contributed by atoms with van der Waals surface area (Å²) in [4.78, 5) is 5.35. The van der Waals surface area contributed by atoms with Crippen molar-refractivity contribution >= 4 is 12.4 Å². The smallest absolute Gasteiger partial charge is 0.00385 e. The van der Waals surface area contributed by atoms with Gasteiger partial charge in [0, 0.05) is 6.54 Å². The molecule has 0 atom stereocenters. The van der Waals surface area contributed by atoms with Crippen molar-refractivity contribution in [2.24, 2.45) is 10.8 Å². The lowest BCUT2D eigenvalue weighted by molar-refractivity contribution is 0.0644. The second kappa shape index (κ2) is 11.1. The minimum atomic E-state index is 0. The predicted octanol–water partition coefficient (Wildman–Crippen LogP) is 5.99. The molecule has 1 heterocycles. The predicted molar refractivity (Wildman–Crippen MR) is 114 cm³/mol. The van der Waals surface area contributed by atoms with E-state index in [2.05, 4.69) is 37.5 Å². The topological polar surface area (TPSA) is 6.48 Å². The van der Waals surface area contributed by atoms with E-state index in [0.29, 0.717) is 10.8 Å². The zero-order valence-corrected chi connectivity index (χ0v) is 18.4. The van der Waals surface area contributed by atoms with Gasteiger partial charge in [0.1, 0.15) is 0 Å². The Morgan fingerprint density at radius 1 is 0.840 bits per heavy atom. The fourth-order valence-corrected chi connectivity index (χ4v) is 5.68. The highest BCUT2D eigenvalue weighted by Gasteiger charge is 2.44. The normalized spacial score (nSPS) is 22.4. The van der Waals surface area contributed by atoms with Crippen LogP contribution in [0.2, 0.25) is 0 Å². The lowest BCUT2D eigenvalue weighted by atomic mass is 9.60. The van der Waals surface area contributed by atoms with Crippen LogP contribution in [0.3, 0.4) is 0 Å². The highest BCUT2D eigenvalue weighted by atomic mass is 35.5. The Balaban J connectivity index is 0.00000312. The van der Waals surface area contributed by atoms with Crippen molar-refractivity contribution < 1.29 is 0 Å². The molecule has 0 aromatic rings. The number of rotatable bonds is 10. The van der Waals surface area contributed by atoms with Gasteiger partial charge in [-0.15, -0.1) is 12.4 Å². The molecular weight excluding hydrogens is 328 g/mol. The molecule has 2 fully saturated rings. The maximum atomic E-state index is 2.79. The molecule has 3 heteroatoms. The number of likely N-dealkylation sites (tertiary alicyclic amines) is 1. The van der Waals surface area contributed by atoms with E-state index in [1.807, 2.05) is 0 Å². The summed E-state index contributed by atoms with van der Waals surface area (Å²) in [5, 5.41) is 0. The molecule has 1 aliphatic heterocycles. The molecule has 2 rings (SSSR count). The third-order valence-electron chi connectivity index (χ3n) is 7.29. The van der Waals surface area contributed by atoms with Crippen molar-refractivity contribution in [3.8, 4) is 0 Å². The molecule has 0 N–H and O–H groups in total. The summed E-state index contributed by atoms with van der Waals surface area (Å²) in [7, 11) is 0. The van der Waals surface area contributed by atoms with Gasteiger partial charge < -0.3 is 9.80 Å². The number of hydrogen-bond donors (Lipinski definition) is 0. The first-order valence-electron chi connectivity index (χ1n) is 11.1. The van der Waals surface area contributed by atoms with Gasteiger partial charge >= 0.3 is 0 Å². The van der Waals surface area contributed by atoms with Gasteiger partial charge in [0.2, 0.25) is 0 Å². The zero-order chi connectivity index (χ0) is 17.5. The van der Waals surface area contributed by atoms with Crippen molar-refractivity contribution in [1.82, 2.24) is 9.80 Å². The standard InChI is InChI=1S/C22H44N2.ClH/c1-5-10-21(11-6-2)12-14-22(15-13-21)16-19-24(20-22)18-9-17-23(7-3)8-4;/h5-20H2,1-4H3;1H. The van der Waals surface area contributed by atoms with Gasteiger partial charge in [0.25, 0.3) is 0 Å². The van der Waals surface area contributed by atoms with E-state index >= 15 is 0 Å². The van der Waals surface area contributed by atoms with Gasteiger partial charge in [-0.2, -0.15) is 0 Å². The van der Waals surface area contributed by atoms with Gasteiger partial charge in [0.15, 0.2) is 0 Å². The van der Waals surface area contributed by atoms with Crippen LogP contribution in [-0.4, -0.2) is 49.1 Å². The minimum absolute atomic E-state index is 0. The molecule has 150 valence electrons. The first-order chi connectivity index (χ1) is 11.6. The average Bonchev–Trinajstić information content (AvgIpc) is 2.99. The number of hydrogen-bond acceptors (Lipinski definition) is 2. The van der Waals surface area contributed by atoms with Gasteiger partial charge in [-0.25, -0.2) is 0 Å². The van der Waals surface area contributed by atoms with Gasteiger partial charge in [0.05, 0.1) is 0 Å². The molecule has 0 aromatic carbocycles. The lowest BCUT2D eigenvalue weighted by Gasteiger charge is -2.45. The summed E-state index contributed by atoms with van der Waals surface area (Å²) in [6.45, 7) is 17.1. The van der Waals surface area contributed by atoms with E-state index in [-0.39, 0.29) is 12.4 Å². The second-order valence-electron chi connectivity index (χ2n) is 8.91. The Morgan fingerprint density at radius 2 is 1.44 bits per heavy atom. The van der Waals surface area contributed by atoms with Crippen molar-refractivity contribution in [3.05, 3.63) is 0 Å². The van der Waals surface area contributed by atoms with Crippen molar-refractivity contribution in [1.29, 1.82) is 0 Å². The SMILES string of the molecule is CCCC1(CCC)CCC2(CCN(CCCN(CC)CC)C2)CC1.Cl. The average molecular weight is 373 g/mol. The highest BCUT2D eigenvalue weighted by molar-refractivity contribution is 5.85. The van der Waals surface area contributed by atoms with Gasteiger partial charge in [-0.05, 0) is 94.9 Å². The van der Waals surface area contributed by atoms with E-state index in [1.165, 1.54) is 103 Å². The largest absolute Gasteiger partial charge is 0.304 e. The van der Waals surface area contributed by atoms with Gasteiger partial charge in [-0.1, -0.05) is 40.5 Å². The monoisotopic (exact) mass is 372 g/mol. The van der Waals surface area contributed by atoms with E-state index in [0.717, 1.165) is 0 Å². The summed E-state index contributed by atoms with van der Waals surface area (Å²) in [5.41, 5.74) is 1.41. The summed E-state index contributed by atoms with van der Waals surface area (Å²) < 4.78 is 0. The zero-order valence-electron chi connectivity index (χ0n) is 17.6. The van der Waals surface area contributed by atoms with E-state index in [9.17, 15) is 0 Å². The Kier molecular flexibility index (Phi) is 10.4. The van der Waals surface area contributed by atoms with E-state index in [4.69, 9.17) is 0 Å². The van der Waals surface area contributed by atoms with E-state index < -0.39 is 0 Å². The molecule has 1 aliphatic carbocycles. The summed E-state index contributed by atoms with van der Waals surface area (Å²) in [5.74, 6) is 0. The number of nitrogens with zero attached hydrogens (tertiary/aromatic N) is 2. The molecule has 2 nitrogen and oxygen atoms in total. The lowest BCUT2D eigenvalue weighted by Crippen LogP contribution is -2.37. The first kappa shape index (κ1) is 23.2. The first-order valence-corrected chi connectivity index (χ1v) is 11.1. The van der Waals surface area contributed by atoms with Crippen LogP contribution in [-0.2, 0) is 0 Å². The van der Waals surface area contributed by atoms with Crippen LogP contribution in [0, 0.1) is 10.8 Å². The summed E-state index contributed by atoms with van der Waals surface area (Å²) in [6, 6.07) is 0. The molecule has 1 saturated carbocycles. The van der Waals surface area contributed by atoms with Crippen LogP contribution in [0.15, 0.2) is 0 Å². The molecule has 1 saturated heterocycles. The molecule has 0 bridgehead atoms. The second-order valence-corrected chi connectivity index (χ2v) is 8.91. The molecule has 0 radical (unpaired) electrons. The molecule has 1 spiro atoms. The van der Waals surface area contributed by atoms with Crippen molar-refractivity contribution in [2.45, 2.75) is 91.9 Å². The molecule has 25 heavy (non-hydrogen) atoms. The Hall–Kier alpha value is 0.210. The minimum Gasteiger partial charge on any atom is -0.304 e. The molecule has 0 aromatic heterocycles. The van der Waals surface area contributed by atoms with Crippen LogP contribution in [0.5, 0.6) is 0 Å². The Bertz CT molecular complexity index is 338. The molecular formula is C22H45ClN2. The summed E-state index contributed by atoms with van der Waals surface area (Å²) >= 11 is 0. The summed E-state index contributed by atoms with van der Waals surface area (Å²) in [6.07, 6.45) is 14.6. The fourth-order valence-electron chi connectivity index (χ4n) is 5.68. The van der Waals surface area contributed by atoms with Crippen molar-refractivity contribution in [3.63, 3.8) is 0 Å². The third kappa shape index (κ3) is 6.40. The molecule has 2 aliphatic rings. The number of halogens is 1. The Labute approximate surface area is 164 Å². The van der Waals surface area contributed by atoms with Crippen LogP contribution in [0.1, 0.15) is 91.9 Å². The van der Waals surface area contributed by atoms with E-state index in [1.54, 1.807) is 0 Å². The molecule has 0 amide bonds. The third-order valence-corrected chi connectivity index (χ3v) is 7.29. The molecule has 0 unspecified atom stereocenters. The maximum Gasteiger partial charge on any atom is 0.00385 e. The highest BCUT2D eigenvalue weighted by Crippen LogP contribution is 2.53.